The van der Waals surface area contributed by atoms with Crippen molar-refractivity contribution in [2.45, 2.75) is 45.3 Å². The molecule has 0 radical (unpaired) electrons. The normalized spacial score (nSPS) is 20.2. The highest BCUT2D eigenvalue weighted by atomic mass is 19.1. The van der Waals surface area contributed by atoms with E-state index in [-0.39, 0.29) is 12.1 Å². The highest BCUT2D eigenvalue weighted by Crippen LogP contribution is 2.21. The minimum absolute atomic E-state index is 0.178. The fraction of sp³-hybridized carbons (Fsp3) is 0.529. The molecule has 0 aliphatic carbocycles. The zero-order chi connectivity index (χ0) is 17.1. The van der Waals surface area contributed by atoms with Gasteiger partial charge in [-0.2, -0.15) is 4.98 Å². The van der Waals surface area contributed by atoms with Crippen LogP contribution in [-0.2, 0) is 6.54 Å². The summed E-state index contributed by atoms with van der Waals surface area (Å²) in [6, 6.07) is 3.79. The molecule has 3 rings (SSSR count). The van der Waals surface area contributed by atoms with Crippen molar-refractivity contribution in [3.8, 4) is 0 Å². The van der Waals surface area contributed by atoms with Crippen LogP contribution in [0.1, 0.15) is 43.1 Å². The van der Waals surface area contributed by atoms with Gasteiger partial charge in [0.25, 0.3) is 0 Å². The van der Waals surface area contributed by atoms with Gasteiger partial charge >= 0.3 is 0 Å². The van der Waals surface area contributed by atoms with E-state index in [1.165, 1.54) is 12.1 Å². The van der Waals surface area contributed by atoms with Gasteiger partial charge in [-0.25, -0.2) is 8.78 Å². The second-order valence-electron chi connectivity index (χ2n) is 6.36. The second-order valence-corrected chi connectivity index (χ2v) is 6.36. The lowest BCUT2D eigenvalue weighted by atomic mass is 10.0. The smallest absolute Gasteiger partial charge is 0.223 e. The first-order valence-corrected chi connectivity index (χ1v) is 8.24. The predicted molar refractivity (Wildman–Crippen MR) is 85.2 cm³/mol. The largest absolute Gasteiger partial charge is 0.340 e. The molecule has 2 aromatic rings. The number of rotatable bonds is 5. The van der Waals surface area contributed by atoms with Crippen molar-refractivity contribution < 1.29 is 13.3 Å². The summed E-state index contributed by atoms with van der Waals surface area (Å²) < 4.78 is 31.9. The molecule has 0 saturated carbocycles. The predicted octanol–water partition coefficient (Wildman–Crippen LogP) is 2.97. The molecule has 1 aromatic carbocycles. The van der Waals surface area contributed by atoms with Crippen LogP contribution in [0.2, 0.25) is 0 Å². The molecule has 0 amide bonds. The van der Waals surface area contributed by atoms with Gasteiger partial charge < -0.3 is 9.84 Å². The van der Waals surface area contributed by atoms with Crippen LogP contribution in [0.15, 0.2) is 22.7 Å². The van der Waals surface area contributed by atoms with Gasteiger partial charge in [0.1, 0.15) is 11.6 Å². The maximum absolute atomic E-state index is 13.9. The minimum Gasteiger partial charge on any atom is -0.340 e. The Morgan fingerprint density at radius 3 is 2.96 bits per heavy atom. The van der Waals surface area contributed by atoms with Gasteiger partial charge in [0, 0.05) is 37.2 Å². The number of benzene rings is 1. The van der Waals surface area contributed by atoms with Gasteiger partial charge in [0.05, 0.1) is 6.54 Å². The van der Waals surface area contributed by atoms with Gasteiger partial charge in [-0.05, 0) is 32.4 Å². The van der Waals surface area contributed by atoms with E-state index in [9.17, 15) is 8.78 Å². The van der Waals surface area contributed by atoms with E-state index in [4.69, 9.17) is 4.52 Å². The van der Waals surface area contributed by atoms with E-state index in [1.807, 2.05) is 6.92 Å². The maximum atomic E-state index is 13.9. The van der Waals surface area contributed by atoms with Crippen molar-refractivity contribution in [3.63, 3.8) is 0 Å². The van der Waals surface area contributed by atoms with Crippen LogP contribution in [0.3, 0.4) is 0 Å². The highest BCUT2D eigenvalue weighted by molar-refractivity contribution is 5.21. The lowest BCUT2D eigenvalue weighted by Gasteiger charge is -2.34. The Bertz CT molecular complexity index is 691. The van der Waals surface area contributed by atoms with Crippen LogP contribution in [0, 0.1) is 18.6 Å². The summed E-state index contributed by atoms with van der Waals surface area (Å²) in [5.41, 5.74) is 0.488. The molecule has 1 saturated heterocycles. The molecular weight excluding hydrogens is 314 g/mol. The van der Waals surface area contributed by atoms with Crippen molar-refractivity contribution in [1.82, 2.24) is 20.4 Å². The van der Waals surface area contributed by atoms with Crippen LogP contribution in [-0.4, -0.2) is 34.2 Å². The molecule has 7 heteroatoms. The third kappa shape index (κ3) is 4.15. The van der Waals surface area contributed by atoms with E-state index < -0.39 is 11.6 Å². The molecule has 5 nitrogen and oxygen atoms in total. The molecule has 24 heavy (non-hydrogen) atoms. The Kier molecular flexibility index (Phi) is 5.20. The summed E-state index contributed by atoms with van der Waals surface area (Å²) in [6.45, 7) is 6.13. The molecule has 1 fully saturated rings. The number of hydrogen-bond acceptors (Lipinski definition) is 5. The standard InChI is InChI=1S/C17H22F2N4O/c1-11(15-6-5-13(18)8-16(15)19)20-14-4-3-7-23(9-14)10-17-21-12(2)24-22-17/h5-6,8,11,14,20H,3-4,7,9-10H2,1-2H3/t11-,14-/m0/s1. The van der Waals surface area contributed by atoms with E-state index >= 15 is 0 Å². The highest BCUT2D eigenvalue weighted by Gasteiger charge is 2.23. The van der Waals surface area contributed by atoms with Gasteiger partial charge in [-0.1, -0.05) is 11.2 Å². The molecule has 0 spiro atoms. The summed E-state index contributed by atoms with van der Waals surface area (Å²) >= 11 is 0. The number of piperidine rings is 1. The average Bonchev–Trinajstić information content (AvgIpc) is 2.92. The number of likely N-dealkylation sites (tertiary alicyclic amines) is 1. The summed E-state index contributed by atoms with van der Waals surface area (Å²) in [5.74, 6) is 0.190. The van der Waals surface area contributed by atoms with Crippen molar-refractivity contribution in [2.24, 2.45) is 0 Å². The maximum Gasteiger partial charge on any atom is 0.223 e. The number of aromatic nitrogens is 2. The Labute approximate surface area is 140 Å². The first-order chi connectivity index (χ1) is 11.5. The summed E-state index contributed by atoms with van der Waals surface area (Å²) in [7, 11) is 0. The van der Waals surface area contributed by atoms with E-state index in [0.29, 0.717) is 23.8 Å². The number of nitrogens with zero attached hydrogens (tertiary/aromatic N) is 3. The van der Waals surface area contributed by atoms with Crippen LogP contribution >= 0.6 is 0 Å². The molecule has 1 N–H and O–H groups in total. The Balaban J connectivity index is 1.58. The van der Waals surface area contributed by atoms with Crippen LogP contribution in [0.25, 0.3) is 0 Å². The van der Waals surface area contributed by atoms with Crippen molar-refractivity contribution in [2.75, 3.05) is 13.1 Å². The van der Waals surface area contributed by atoms with E-state index in [2.05, 4.69) is 20.4 Å². The fourth-order valence-corrected chi connectivity index (χ4v) is 3.24. The van der Waals surface area contributed by atoms with Gasteiger partial charge in [-0.15, -0.1) is 0 Å². The molecule has 0 unspecified atom stereocenters. The Hall–Kier alpha value is -1.86. The Morgan fingerprint density at radius 2 is 2.25 bits per heavy atom. The number of nitrogens with one attached hydrogen (secondary N) is 1. The first kappa shape index (κ1) is 17.0. The first-order valence-electron chi connectivity index (χ1n) is 8.24. The van der Waals surface area contributed by atoms with Gasteiger partial charge in [0.2, 0.25) is 5.89 Å². The number of aryl methyl sites for hydroxylation is 1. The van der Waals surface area contributed by atoms with Gasteiger partial charge in [-0.3, -0.25) is 4.90 Å². The Morgan fingerprint density at radius 1 is 1.42 bits per heavy atom. The van der Waals surface area contributed by atoms with Crippen molar-refractivity contribution >= 4 is 0 Å². The molecule has 1 aliphatic heterocycles. The van der Waals surface area contributed by atoms with Gasteiger partial charge in [0.15, 0.2) is 5.82 Å². The molecule has 2 heterocycles. The molecule has 1 aliphatic rings. The average molecular weight is 336 g/mol. The molecule has 2 atom stereocenters. The van der Waals surface area contributed by atoms with Crippen LogP contribution in [0.4, 0.5) is 8.78 Å². The minimum atomic E-state index is -0.553. The van der Waals surface area contributed by atoms with E-state index in [0.717, 1.165) is 32.0 Å². The third-order valence-corrected chi connectivity index (χ3v) is 4.35. The van der Waals surface area contributed by atoms with Crippen LogP contribution in [0.5, 0.6) is 0 Å². The summed E-state index contributed by atoms with van der Waals surface area (Å²) in [5, 5.41) is 7.38. The summed E-state index contributed by atoms with van der Waals surface area (Å²) in [4.78, 5) is 6.50. The third-order valence-electron chi connectivity index (χ3n) is 4.35. The SMILES string of the molecule is Cc1nc(CN2CCC[C@H](N[C@@H](C)c3ccc(F)cc3F)C2)no1. The molecule has 0 bridgehead atoms. The zero-order valence-electron chi connectivity index (χ0n) is 13.9. The summed E-state index contributed by atoms with van der Waals surface area (Å²) in [6.07, 6.45) is 2.07. The number of halogens is 2. The number of hydrogen-bond donors (Lipinski definition) is 1. The van der Waals surface area contributed by atoms with Crippen molar-refractivity contribution in [1.29, 1.82) is 0 Å². The monoisotopic (exact) mass is 336 g/mol. The van der Waals surface area contributed by atoms with Crippen LogP contribution < -0.4 is 5.32 Å². The quantitative estimate of drug-likeness (QED) is 0.910. The lowest BCUT2D eigenvalue weighted by molar-refractivity contribution is 0.171. The molecule has 1 aromatic heterocycles. The molecular formula is C17H22F2N4O. The fourth-order valence-electron chi connectivity index (χ4n) is 3.24. The molecule has 130 valence electrons. The second kappa shape index (κ2) is 7.36. The topological polar surface area (TPSA) is 54.2 Å². The van der Waals surface area contributed by atoms with E-state index in [1.54, 1.807) is 6.92 Å². The lowest BCUT2D eigenvalue weighted by Crippen LogP contribution is -2.46. The zero-order valence-corrected chi connectivity index (χ0v) is 13.9. The van der Waals surface area contributed by atoms with Crippen molar-refractivity contribution in [3.05, 3.63) is 47.1 Å².